The highest BCUT2D eigenvalue weighted by molar-refractivity contribution is 5.93. The van der Waals surface area contributed by atoms with Crippen LogP contribution < -0.4 is 10.6 Å². The number of amides is 1. The number of aliphatic hydroxyl groups is 1. The van der Waals surface area contributed by atoms with Crippen molar-refractivity contribution in [2.24, 2.45) is 5.41 Å². The Hall–Kier alpha value is -1.47. The van der Waals surface area contributed by atoms with Crippen molar-refractivity contribution in [1.29, 1.82) is 0 Å². The van der Waals surface area contributed by atoms with Gasteiger partial charge in [0, 0.05) is 12.0 Å². The number of hydrogen-bond acceptors (Lipinski definition) is 5. The summed E-state index contributed by atoms with van der Waals surface area (Å²) in [5, 5.41) is 24.9. The van der Waals surface area contributed by atoms with Gasteiger partial charge in [-0.3, -0.25) is 4.79 Å². The van der Waals surface area contributed by atoms with Gasteiger partial charge < -0.3 is 15.7 Å². The Bertz CT molecular complexity index is 582. The monoisotopic (exact) mass is 335 g/mol. The maximum absolute atomic E-state index is 12.5. The third kappa shape index (κ3) is 3.47. The molecule has 0 radical (unpaired) electrons. The molecule has 0 aromatic carbocycles. The number of rotatable bonds is 4. The quantitative estimate of drug-likeness (QED) is 0.768. The Morgan fingerprint density at radius 1 is 1.38 bits per heavy atom. The maximum Gasteiger partial charge on any atom is 0.273 e. The summed E-state index contributed by atoms with van der Waals surface area (Å²) < 4.78 is 1.90. The molecular weight excluding hydrogens is 306 g/mol. The molecule has 1 saturated carbocycles. The fraction of sp³-hybridized carbons (Fsp3) is 0.824. The van der Waals surface area contributed by atoms with Crippen molar-refractivity contribution in [2.75, 3.05) is 19.6 Å². The second-order valence-corrected chi connectivity index (χ2v) is 7.55. The molecular formula is C17H29N5O2. The smallest absolute Gasteiger partial charge is 0.273 e. The highest BCUT2D eigenvalue weighted by atomic mass is 16.3. The van der Waals surface area contributed by atoms with Crippen molar-refractivity contribution in [3.63, 3.8) is 0 Å². The fourth-order valence-electron chi connectivity index (χ4n) is 3.90. The molecule has 7 nitrogen and oxygen atoms in total. The van der Waals surface area contributed by atoms with Gasteiger partial charge >= 0.3 is 0 Å². The minimum Gasteiger partial charge on any atom is -0.392 e. The van der Waals surface area contributed by atoms with Crippen LogP contribution in [0.5, 0.6) is 0 Å². The average molecular weight is 335 g/mol. The second-order valence-electron chi connectivity index (χ2n) is 7.55. The lowest BCUT2D eigenvalue weighted by atomic mass is 9.73. The number of piperidine rings is 1. The lowest BCUT2D eigenvalue weighted by molar-refractivity contribution is 0.00187. The van der Waals surface area contributed by atoms with Gasteiger partial charge in [0.2, 0.25) is 0 Å². The number of carbonyl (C=O) groups is 1. The molecule has 3 rings (SSSR count). The van der Waals surface area contributed by atoms with Gasteiger partial charge in [-0.25, -0.2) is 4.68 Å². The molecule has 7 heteroatoms. The summed E-state index contributed by atoms with van der Waals surface area (Å²) in [5.41, 5.74) is 0.989. The standard InChI is InChI=1S/C17H29N5O2/c1-12-15(20-21-22(12)13-6-9-18-10-7-13)16(24)19-11-17(2)8-4-3-5-14(17)23/h13-14,18,23H,3-11H2,1-2H3,(H,19,24). The molecule has 2 fully saturated rings. The summed E-state index contributed by atoms with van der Waals surface area (Å²) in [4.78, 5) is 12.5. The van der Waals surface area contributed by atoms with E-state index in [0.29, 0.717) is 18.3 Å². The van der Waals surface area contributed by atoms with Crippen molar-refractivity contribution >= 4 is 5.91 Å². The van der Waals surface area contributed by atoms with Gasteiger partial charge in [-0.1, -0.05) is 25.0 Å². The Kier molecular flexibility index (Phi) is 5.20. The fourth-order valence-corrected chi connectivity index (χ4v) is 3.90. The van der Waals surface area contributed by atoms with Crippen molar-refractivity contribution in [2.45, 2.75) is 64.5 Å². The molecule has 134 valence electrons. The number of carbonyl (C=O) groups excluding carboxylic acids is 1. The van der Waals surface area contributed by atoms with E-state index < -0.39 is 0 Å². The van der Waals surface area contributed by atoms with E-state index in [0.717, 1.165) is 57.3 Å². The van der Waals surface area contributed by atoms with Gasteiger partial charge in [-0.05, 0) is 45.7 Å². The molecule has 0 bridgehead atoms. The average Bonchev–Trinajstić information content (AvgIpc) is 2.98. The van der Waals surface area contributed by atoms with Crippen LogP contribution in [0.3, 0.4) is 0 Å². The number of nitrogens with zero attached hydrogens (tertiary/aromatic N) is 3. The number of aliphatic hydroxyl groups excluding tert-OH is 1. The molecule has 2 aliphatic rings. The molecule has 1 aromatic heterocycles. The predicted molar refractivity (Wildman–Crippen MR) is 90.8 cm³/mol. The van der Waals surface area contributed by atoms with E-state index in [1.807, 2.05) is 11.6 Å². The van der Waals surface area contributed by atoms with Gasteiger partial charge in [0.1, 0.15) is 0 Å². The summed E-state index contributed by atoms with van der Waals surface area (Å²) in [6.45, 7) is 6.39. The summed E-state index contributed by atoms with van der Waals surface area (Å²) >= 11 is 0. The molecule has 2 unspecified atom stereocenters. The number of hydrogen-bond donors (Lipinski definition) is 3. The van der Waals surface area contributed by atoms with Crippen molar-refractivity contribution in [3.05, 3.63) is 11.4 Å². The molecule has 1 saturated heterocycles. The molecule has 1 aromatic rings. The van der Waals surface area contributed by atoms with E-state index >= 15 is 0 Å². The summed E-state index contributed by atoms with van der Waals surface area (Å²) in [5.74, 6) is -0.188. The molecule has 3 N–H and O–H groups in total. The Morgan fingerprint density at radius 3 is 2.83 bits per heavy atom. The predicted octanol–water partition coefficient (Wildman–Crippen LogP) is 1.18. The molecule has 2 atom stereocenters. The van der Waals surface area contributed by atoms with Gasteiger partial charge in [-0.15, -0.1) is 5.10 Å². The Morgan fingerprint density at radius 2 is 2.12 bits per heavy atom. The van der Waals surface area contributed by atoms with E-state index in [-0.39, 0.29) is 17.4 Å². The van der Waals surface area contributed by atoms with Gasteiger partial charge in [0.15, 0.2) is 5.69 Å². The van der Waals surface area contributed by atoms with Crippen LogP contribution in [0.15, 0.2) is 0 Å². The van der Waals surface area contributed by atoms with E-state index in [9.17, 15) is 9.90 Å². The zero-order valence-electron chi connectivity index (χ0n) is 14.7. The molecule has 1 aliphatic carbocycles. The van der Waals surface area contributed by atoms with Crippen LogP contribution in [-0.2, 0) is 0 Å². The summed E-state index contributed by atoms with van der Waals surface area (Å²) in [6.07, 6.45) is 5.60. The Balaban J connectivity index is 1.64. The first-order chi connectivity index (χ1) is 11.5. The maximum atomic E-state index is 12.5. The first kappa shape index (κ1) is 17.4. The zero-order valence-corrected chi connectivity index (χ0v) is 14.7. The normalized spacial score (nSPS) is 28.7. The van der Waals surface area contributed by atoms with Gasteiger partial charge in [0.25, 0.3) is 5.91 Å². The van der Waals surface area contributed by atoms with Crippen LogP contribution in [0.2, 0.25) is 0 Å². The van der Waals surface area contributed by atoms with Crippen LogP contribution >= 0.6 is 0 Å². The van der Waals surface area contributed by atoms with Crippen LogP contribution in [-0.4, -0.2) is 51.7 Å². The second kappa shape index (κ2) is 7.19. The van der Waals surface area contributed by atoms with Gasteiger partial charge in [-0.2, -0.15) is 0 Å². The van der Waals surface area contributed by atoms with E-state index in [4.69, 9.17) is 0 Å². The zero-order chi connectivity index (χ0) is 17.2. The van der Waals surface area contributed by atoms with E-state index in [2.05, 4.69) is 27.9 Å². The number of aromatic nitrogens is 3. The van der Waals surface area contributed by atoms with Crippen LogP contribution in [0.4, 0.5) is 0 Å². The highest BCUT2D eigenvalue weighted by Crippen LogP contribution is 2.35. The van der Waals surface area contributed by atoms with Crippen LogP contribution in [0.25, 0.3) is 0 Å². The first-order valence-corrected chi connectivity index (χ1v) is 9.10. The topological polar surface area (TPSA) is 92.1 Å². The third-order valence-electron chi connectivity index (χ3n) is 5.73. The minimum atomic E-state index is -0.349. The number of nitrogens with one attached hydrogen (secondary N) is 2. The first-order valence-electron chi connectivity index (χ1n) is 9.10. The minimum absolute atomic E-state index is 0.188. The molecule has 2 heterocycles. The highest BCUT2D eigenvalue weighted by Gasteiger charge is 2.36. The largest absolute Gasteiger partial charge is 0.392 e. The molecule has 24 heavy (non-hydrogen) atoms. The van der Waals surface area contributed by atoms with E-state index in [1.165, 1.54) is 0 Å². The van der Waals surface area contributed by atoms with E-state index in [1.54, 1.807) is 0 Å². The van der Waals surface area contributed by atoms with Crippen molar-refractivity contribution in [3.8, 4) is 0 Å². The lowest BCUT2D eigenvalue weighted by Crippen LogP contribution is -2.45. The van der Waals surface area contributed by atoms with Crippen LogP contribution in [0, 0.1) is 12.3 Å². The molecule has 1 aliphatic heterocycles. The SMILES string of the molecule is Cc1c(C(=O)NCC2(C)CCCCC2O)nnn1C1CCNCC1. The lowest BCUT2D eigenvalue weighted by Gasteiger charge is -2.38. The summed E-state index contributed by atoms with van der Waals surface area (Å²) in [7, 11) is 0. The third-order valence-corrected chi connectivity index (χ3v) is 5.73. The van der Waals surface area contributed by atoms with Gasteiger partial charge in [0.05, 0.1) is 17.8 Å². The van der Waals surface area contributed by atoms with Crippen molar-refractivity contribution in [1.82, 2.24) is 25.6 Å². The Labute approximate surface area is 143 Å². The molecule has 1 amide bonds. The summed E-state index contributed by atoms with van der Waals surface area (Å²) in [6, 6.07) is 0.318. The van der Waals surface area contributed by atoms with Crippen LogP contribution in [0.1, 0.15) is 67.7 Å². The molecule has 0 spiro atoms. The van der Waals surface area contributed by atoms with Crippen molar-refractivity contribution < 1.29 is 9.90 Å².